The van der Waals surface area contributed by atoms with Crippen LogP contribution in [0.5, 0.6) is 0 Å². The number of methoxy groups -OCH3 is 1. The molecule has 0 saturated heterocycles. The van der Waals surface area contributed by atoms with Crippen molar-refractivity contribution in [1.29, 1.82) is 0 Å². The van der Waals surface area contributed by atoms with Gasteiger partial charge in [-0.25, -0.2) is 9.79 Å². The van der Waals surface area contributed by atoms with E-state index < -0.39 is 23.9 Å². The normalized spacial score (nSPS) is 17.2. The number of carbonyl (C=O) groups is 4. The average Bonchev–Trinajstić information content (AvgIpc) is 3.36. The van der Waals surface area contributed by atoms with Gasteiger partial charge in [0.25, 0.3) is 0 Å². The molecular formula is C25H28N4O6S. The first-order chi connectivity index (χ1) is 17.3. The van der Waals surface area contributed by atoms with E-state index in [0.29, 0.717) is 35.5 Å². The first-order valence-corrected chi connectivity index (χ1v) is 12.3. The van der Waals surface area contributed by atoms with Crippen LogP contribution in [0.4, 0.5) is 16.2 Å². The van der Waals surface area contributed by atoms with Crippen LogP contribution < -0.4 is 16.0 Å². The highest BCUT2D eigenvalue weighted by Crippen LogP contribution is 2.38. The Morgan fingerprint density at radius 1 is 1.06 bits per heavy atom. The summed E-state index contributed by atoms with van der Waals surface area (Å²) in [6.07, 6.45) is 1.07. The van der Waals surface area contributed by atoms with Gasteiger partial charge in [-0.05, 0) is 43.2 Å². The maximum absolute atomic E-state index is 13.0. The molecule has 3 rings (SSSR count). The minimum atomic E-state index is -0.962. The number of guanidine groups is 1. The molecule has 1 fully saturated rings. The number of nitrogens with one attached hydrogen (secondary N) is 3. The topological polar surface area (TPSA) is 146 Å². The van der Waals surface area contributed by atoms with Gasteiger partial charge < -0.3 is 15.2 Å². The summed E-state index contributed by atoms with van der Waals surface area (Å²) in [5.41, 5.74) is 0.905. The molecule has 0 heterocycles. The van der Waals surface area contributed by atoms with Gasteiger partial charge in [0.2, 0.25) is 17.8 Å². The molecule has 1 aliphatic carbocycles. The number of carboxylic acids is 1. The number of nitrogens with zero attached hydrogens (tertiary/aromatic N) is 1. The smallest absolute Gasteiger partial charge is 0.413 e. The summed E-state index contributed by atoms with van der Waals surface area (Å²) in [5, 5.41) is 17.2. The van der Waals surface area contributed by atoms with Crippen molar-refractivity contribution in [2.24, 2.45) is 16.8 Å². The molecular weight excluding hydrogens is 484 g/mol. The fourth-order valence-corrected chi connectivity index (χ4v) is 4.72. The van der Waals surface area contributed by atoms with Gasteiger partial charge in [0.1, 0.15) is 0 Å². The summed E-state index contributed by atoms with van der Waals surface area (Å²) in [7, 11) is 1.19. The van der Waals surface area contributed by atoms with E-state index in [1.165, 1.54) is 18.9 Å². The van der Waals surface area contributed by atoms with Crippen molar-refractivity contribution in [2.45, 2.75) is 42.4 Å². The second kappa shape index (κ2) is 12.7. The molecule has 1 aliphatic rings. The molecule has 0 aliphatic heterocycles. The third kappa shape index (κ3) is 7.32. The molecule has 11 heteroatoms. The van der Waals surface area contributed by atoms with Crippen LogP contribution in [0.25, 0.3) is 0 Å². The highest BCUT2D eigenvalue weighted by atomic mass is 32.2. The van der Waals surface area contributed by atoms with Crippen LogP contribution >= 0.6 is 11.8 Å². The molecule has 0 radical (unpaired) electrons. The van der Waals surface area contributed by atoms with Crippen LogP contribution in [0.3, 0.4) is 0 Å². The fraction of sp³-hybridized carbons (Fsp3) is 0.320. The highest BCUT2D eigenvalue weighted by Gasteiger charge is 2.37. The predicted molar refractivity (Wildman–Crippen MR) is 135 cm³/mol. The molecule has 0 aromatic heterocycles. The number of rotatable bonds is 7. The molecule has 2 aromatic rings. The second-order valence-corrected chi connectivity index (χ2v) is 9.16. The number of alkyl carbamates (subject to hydrolysis) is 1. The number of aliphatic imine (C=N–C) groups is 1. The van der Waals surface area contributed by atoms with Gasteiger partial charge in [-0.2, -0.15) is 0 Å². The number of carbonyl (C=O) groups excluding carboxylic acids is 3. The Hall–Kier alpha value is -3.86. The van der Waals surface area contributed by atoms with Crippen LogP contribution in [0.15, 0.2) is 63.3 Å². The Bertz CT molecular complexity index is 1130. The molecule has 10 nitrogen and oxygen atoms in total. The minimum Gasteiger partial charge on any atom is -0.481 e. The number of hydrogen-bond acceptors (Lipinski definition) is 7. The van der Waals surface area contributed by atoms with Gasteiger partial charge in [-0.3, -0.25) is 25.0 Å². The number of aliphatic carboxylic acids is 1. The van der Waals surface area contributed by atoms with E-state index in [9.17, 15) is 24.3 Å². The summed E-state index contributed by atoms with van der Waals surface area (Å²) >= 11 is 1.38. The lowest BCUT2D eigenvalue weighted by molar-refractivity contribution is -0.145. The third-order valence-electron chi connectivity index (χ3n) is 5.59. The van der Waals surface area contributed by atoms with E-state index in [-0.39, 0.29) is 24.2 Å². The van der Waals surface area contributed by atoms with E-state index in [4.69, 9.17) is 0 Å². The largest absolute Gasteiger partial charge is 0.481 e. The maximum Gasteiger partial charge on any atom is 0.413 e. The van der Waals surface area contributed by atoms with E-state index >= 15 is 0 Å². The number of amides is 3. The van der Waals surface area contributed by atoms with E-state index in [1.54, 1.807) is 25.1 Å². The van der Waals surface area contributed by atoms with Crippen molar-refractivity contribution < 1.29 is 29.0 Å². The van der Waals surface area contributed by atoms with Gasteiger partial charge in [0.05, 0.1) is 30.3 Å². The van der Waals surface area contributed by atoms with Crippen LogP contribution in [0.1, 0.15) is 32.6 Å². The number of carboxylic acid groups (broad SMARTS) is 1. The van der Waals surface area contributed by atoms with Gasteiger partial charge >= 0.3 is 12.1 Å². The number of anilines is 1. The lowest BCUT2D eigenvalue weighted by Gasteiger charge is -2.18. The van der Waals surface area contributed by atoms with E-state index in [2.05, 4.69) is 25.7 Å². The Morgan fingerprint density at radius 2 is 1.78 bits per heavy atom. The zero-order chi connectivity index (χ0) is 26.1. The Balaban J connectivity index is 1.93. The lowest BCUT2D eigenvalue weighted by atomic mass is 9.95. The summed E-state index contributed by atoms with van der Waals surface area (Å²) < 4.78 is 4.60. The number of ether oxygens (including phenoxy) is 1. The second-order valence-electron chi connectivity index (χ2n) is 8.05. The molecule has 3 amide bonds. The van der Waals surface area contributed by atoms with E-state index in [0.717, 1.165) is 4.90 Å². The molecule has 190 valence electrons. The quantitative estimate of drug-likeness (QED) is 0.322. The van der Waals surface area contributed by atoms with Crippen molar-refractivity contribution in [1.82, 2.24) is 10.6 Å². The van der Waals surface area contributed by atoms with Gasteiger partial charge in [-0.15, -0.1) is 0 Å². The van der Waals surface area contributed by atoms with Gasteiger partial charge in [0.15, 0.2) is 0 Å². The molecule has 2 aromatic carbocycles. The fourth-order valence-electron chi connectivity index (χ4n) is 3.76. The summed E-state index contributed by atoms with van der Waals surface area (Å²) in [6, 6.07) is 14.5. The molecule has 0 spiro atoms. The number of hydrogen-bond donors (Lipinski definition) is 4. The van der Waals surface area contributed by atoms with Crippen molar-refractivity contribution in [3.05, 3.63) is 48.5 Å². The molecule has 1 saturated carbocycles. The van der Waals surface area contributed by atoms with Crippen LogP contribution in [-0.4, -0.2) is 42.1 Å². The van der Waals surface area contributed by atoms with Crippen molar-refractivity contribution in [3.63, 3.8) is 0 Å². The average molecular weight is 513 g/mol. The van der Waals surface area contributed by atoms with Crippen LogP contribution in [0.2, 0.25) is 0 Å². The third-order valence-corrected chi connectivity index (χ3v) is 6.66. The standard InChI is InChI=1S/C25H28N4O6S/c1-3-21(30)28-24(29-25(34)35-2)26-15-12-13-19(20(14-15)36-16-8-5-4-6-9-16)27-22(31)17-10-7-11-18(17)23(32)33/h4-6,8-9,12-14,17-18H,3,7,10-11H2,1-2H3,(H,27,31)(H,32,33)(H2,26,28,29,30,34). The first-order valence-electron chi connectivity index (χ1n) is 11.4. The highest BCUT2D eigenvalue weighted by molar-refractivity contribution is 7.99. The molecule has 36 heavy (non-hydrogen) atoms. The summed E-state index contributed by atoms with van der Waals surface area (Å²) in [5.74, 6) is -3.05. The van der Waals surface area contributed by atoms with Gasteiger partial charge in [0, 0.05) is 16.2 Å². The lowest BCUT2D eigenvalue weighted by Crippen LogP contribution is -2.43. The zero-order valence-corrected chi connectivity index (χ0v) is 20.8. The molecule has 0 bridgehead atoms. The SMILES string of the molecule is CCC(=O)NC(=Nc1ccc(NC(=O)C2CCCC2C(=O)O)c(Sc2ccccc2)c1)NC(=O)OC. The van der Waals surface area contributed by atoms with Crippen molar-refractivity contribution in [2.75, 3.05) is 12.4 Å². The summed E-state index contributed by atoms with van der Waals surface area (Å²) in [4.78, 5) is 54.0. The van der Waals surface area contributed by atoms with E-state index in [1.807, 2.05) is 30.3 Å². The first kappa shape index (κ1) is 26.7. The number of benzene rings is 2. The van der Waals surface area contributed by atoms with Crippen LogP contribution in [-0.2, 0) is 19.1 Å². The molecule has 4 N–H and O–H groups in total. The Labute approximate surface area is 212 Å². The van der Waals surface area contributed by atoms with Crippen molar-refractivity contribution >= 4 is 53.0 Å². The van der Waals surface area contributed by atoms with Crippen molar-refractivity contribution in [3.8, 4) is 0 Å². The van der Waals surface area contributed by atoms with Crippen LogP contribution in [0, 0.1) is 11.8 Å². The Morgan fingerprint density at radius 3 is 2.44 bits per heavy atom. The monoisotopic (exact) mass is 512 g/mol. The minimum absolute atomic E-state index is 0.101. The Kier molecular flexibility index (Phi) is 9.46. The molecule has 2 atom stereocenters. The van der Waals surface area contributed by atoms with Gasteiger partial charge in [-0.1, -0.05) is 43.3 Å². The summed E-state index contributed by atoms with van der Waals surface area (Å²) in [6.45, 7) is 1.66. The maximum atomic E-state index is 13.0. The zero-order valence-electron chi connectivity index (χ0n) is 19.9. The molecule has 2 unspecified atom stereocenters. The predicted octanol–water partition coefficient (Wildman–Crippen LogP) is 4.15.